The Kier molecular flexibility index (Phi) is 9.70. The van der Waals surface area contributed by atoms with Crippen molar-refractivity contribution in [3.8, 4) is 11.8 Å². The van der Waals surface area contributed by atoms with Gasteiger partial charge in [0.1, 0.15) is 6.10 Å². The monoisotopic (exact) mass is 272 g/mol. The highest BCUT2D eigenvalue weighted by atomic mass is 16.3. The molecule has 0 heterocycles. The summed E-state index contributed by atoms with van der Waals surface area (Å²) in [5, 5.41) is 9.75. The van der Waals surface area contributed by atoms with Gasteiger partial charge >= 0.3 is 0 Å². The lowest BCUT2D eigenvalue weighted by atomic mass is 10.1. The molecule has 0 aliphatic heterocycles. The molecule has 0 radical (unpaired) electrons. The molecule has 0 aliphatic rings. The molecule has 1 atom stereocenters. The van der Waals surface area contributed by atoms with Gasteiger partial charge in [-0.05, 0) is 31.2 Å². The Balaban J connectivity index is 2.03. The molecule has 0 saturated heterocycles. The largest absolute Gasteiger partial charge is 0.380 e. The third-order valence-corrected chi connectivity index (χ3v) is 3.46. The molecule has 0 bridgehead atoms. The Hall–Kier alpha value is -1.26. The zero-order chi connectivity index (χ0) is 14.5. The predicted molar refractivity (Wildman–Crippen MR) is 86.5 cm³/mol. The minimum absolute atomic E-state index is 0.423. The average molecular weight is 272 g/mol. The summed E-state index contributed by atoms with van der Waals surface area (Å²) in [5.74, 6) is 6.07. The summed E-state index contributed by atoms with van der Waals surface area (Å²) in [6.07, 6.45) is 9.60. The van der Waals surface area contributed by atoms with Gasteiger partial charge in [0.25, 0.3) is 0 Å². The molecule has 1 heteroatoms. The number of unbranched alkanes of at least 4 members (excludes halogenated alkanes) is 5. The second kappa shape index (κ2) is 11.6. The highest BCUT2D eigenvalue weighted by Crippen LogP contribution is 2.07. The van der Waals surface area contributed by atoms with Gasteiger partial charge in [0.05, 0.1) is 0 Å². The molecule has 1 rings (SSSR count). The van der Waals surface area contributed by atoms with Crippen LogP contribution in [-0.2, 0) is 6.42 Å². The van der Waals surface area contributed by atoms with Gasteiger partial charge in [0.2, 0.25) is 0 Å². The molecule has 1 nitrogen and oxygen atoms in total. The summed E-state index contributed by atoms with van der Waals surface area (Å²) < 4.78 is 0. The molecule has 0 aromatic heterocycles. The van der Waals surface area contributed by atoms with Crippen LogP contribution in [0, 0.1) is 11.8 Å². The van der Waals surface area contributed by atoms with Crippen LogP contribution in [0.3, 0.4) is 0 Å². The Labute approximate surface area is 124 Å². The molecule has 0 amide bonds. The van der Waals surface area contributed by atoms with Gasteiger partial charge in [-0.1, -0.05) is 68.9 Å². The van der Waals surface area contributed by atoms with Gasteiger partial charge in [-0.2, -0.15) is 0 Å². The topological polar surface area (TPSA) is 20.2 Å². The lowest BCUT2D eigenvalue weighted by Crippen LogP contribution is -2.02. The standard InChI is InChI=1S/C19H28O/c1-2-3-4-5-11-16-19(20)17-12-7-10-15-18-13-8-6-9-14-18/h6,8-9,13-14,19-20H,2-5,7,10-11,15-16H2,1H3/t19-/m1/s1. The maximum Gasteiger partial charge on any atom is 0.114 e. The van der Waals surface area contributed by atoms with Gasteiger partial charge in [-0.15, -0.1) is 5.92 Å². The van der Waals surface area contributed by atoms with Crippen LogP contribution in [0.2, 0.25) is 0 Å². The minimum atomic E-state index is -0.423. The van der Waals surface area contributed by atoms with Crippen LogP contribution >= 0.6 is 0 Å². The first-order valence-corrected chi connectivity index (χ1v) is 8.03. The van der Waals surface area contributed by atoms with Crippen molar-refractivity contribution in [2.45, 2.75) is 70.8 Å². The number of aliphatic hydroxyl groups excluding tert-OH is 1. The van der Waals surface area contributed by atoms with Crippen molar-refractivity contribution in [2.75, 3.05) is 0 Å². The Morgan fingerprint density at radius 2 is 1.75 bits per heavy atom. The second-order valence-corrected chi connectivity index (χ2v) is 5.38. The van der Waals surface area contributed by atoms with E-state index in [1.54, 1.807) is 0 Å². The third-order valence-electron chi connectivity index (χ3n) is 3.46. The van der Waals surface area contributed by atoms with Crippen molar-refractivity contribution >= 4 is 0 Å². The molecule has 0 fully saturated rings. The van der Waals surface area contributed by atoms with Crippen molar-refractivity contribution in [1.29, 1.82) is 0 Å². The van der Waals surface area contributed by atoms with E-state index in [1.165, 1.54) is 31.2 Å². The Bertz CT molecular complexity index is 385. The Morgan fingerprint density at radius 1 is 1.00 bits per heavy atom. The first-order valence-electron chi connectivity index (χ1n) is 8.03. The number of aliphatic hydroxyl groups is 1. The molecule has 110 valence electrons. The molecule has 1 N–H and O–H groups in total. The van der Waals surface area contributed by atoms with E-state index in [9.17, 15) is 5.11 Å². The lowest BCUT2D eigenvalue weighted by Gasteiger charge is -2.02. The fourth-order valence-electron chi connectivity index (χ4n) is 2.23. The maximum absolute atomic E-state index is 9.75. The van der Waals surface area contributed by atoms with E-state index in [1.807, 2.05) is 6.07 Å². The molecule has 1 aromatic carbocycles. The van der Waals surface area contributed by atoms with E-state index in [0.29, 0.717) is 0 Å². The van der Waals surface area contributed by atoms with Gasteiger partial charge in [0, 0.05) is 6.42 Å². The van der Waals surface area contributed by atoms with Crippen molar-refractivity contribution in [3.63, 3.8) is 0 Å². The highest BCUT2D eigenvalue weighted by Gasteiger charge is 1.98. The molecule has 0 aliphatic carbocycles. The number of aryl methyl sites for hydroxylation is 1. The summed E-state index contributed by atoms with van der Waals surface area (Å²) in [7, 11) is 0. The number of hydrogen-bond acceptors (Lipinski definition) is 1. The van der Waals surface area contributed by atoms with Gasteiger partial charge in [-0.3, -0.25) is 0 Å². The van der Waals surface area contributed by atoms with Crippen LogP contribution in [0.1, 0.15) is 63.9 Å². The van der Waals surface area contributed by atoms with E-state index in [-0.39, 0.29) is 0 Å². The zero-order valence-corrected chi connectivity index (χ0v) is 12.8. The summed E-state index contributed by atoms with van der Waals surface area (Å²) in [6, 6.07) is 10.5. The fourth-order valence-corrected chi connectivity index (χ4v) is 2.23. The van der Waals surface area contributed by atoms with Crippen LogP contribution in [0.15, 0.2) is 30.3 Å². The molecule has 0 spiro atoms. The lowest BCUT2D eigenvalue weighted by molar-refractivity contribution is 0.217. The van der Waals surface area contributed by atoms with E-state index in [4.69, 9.17) is 0 Å². The highest BCUT2D eigenvalue weighted by molar-refractivity contribution is 5.15. The molecule has 20 heavy (non-hydrogen) atoms. The van der Waals surface area contributed by atoms with E-state index >= 15 is 0 Å². The van der Waals surface area contributed by atoms with Crippen molar-refractivity contribution in [1.82, 2.24) is 0 Å². The van der Waals surface area contributed by atoms with E-state index < -0.39 is 6.10 Å². The van der Waals surface area contributed by atoms with Gasteiger partial charge in [0.15, 0.2) is 0 Å². The van der Waals surface area contributed by atoms with E-state index in [2.05, 4.69) is 43.0 Å². The normalized spacial score (nSPS) is 11.7. The van der Waals surface area contributed by atoms with Crippen molar-refractivity contribution in [3.05, 3.63) is 35.9 Å². The molecule has 1 aromatic rings. The quantitative estimate of drug-likeness (QED) is 0.509. The van der Waals surface area contributed by atoms with E-state index in [0.717, 1.165) is 32.1 Å². The van der Waals surface area contributed by atoms with Crippen LogP contribution in [0.25, 0.3) is 0 Å². The Morgan fingerprint density at radius 3 is 2.50 bits per heavy atom. The fraction of sp³-hybridized carbons (Fsp3) is 0.579. The summed E-state index contributed by atoms with van der Waals surface area (Å²) in [6.45, 7) is 2.22. The SMILES string of the molecule is CCCCCCC[C@@H](O)C#CCCCc1ccccc1. The number of benzene rings is 1. The minimum Gasteiger partial charge on any atom is -0.380 e. The summed E-state index contributed by atoms with van der Waals surface area (Å²) in [4.78, 5) is 0. The first kappa shape index (κ1) is 16.8. The first-order chi connectivity index (χ1) is 9.83. The molecular formula is C19H28O. The van der Waals surface area contributed by atoms with Crippen LogP contribution in [-0.4, -0.2) is 11.2 Å². The molecular weight excluding hydrogens is 244 g/mol. The summed E-state index contributed by atoms with van der Waals surface area (Å²) >= 11 is 0. The smallest absolute Gasteiger partial charge is 0.114 e. The van der Waals surface area contributed by atoms with Crippen LogP contribution in [0.4, 0.5) is 0 Å². The van der Waals surface area contributed by atoms with Crippen molar-refractivity contribution in [2.24, 2.45) is 0 Å². The molecule has 0 unspecified atom stereocenters. The second-order valence-electron chi connectivity index (χ2n) is 5.38. The van der Waals surface area contributed by atoms with Gasteiger partial charge < -0.3 is 5.11 Å². The van der Waals surface area contributed by atoms with Crippen molar-refractivity contribution < 1.29 is 5.11 Å². The summed E-state index contributed by atoms with van der Waals surface area (Å²) in [5.41, 5.74) is 1.37. The van der Waals surface area contributed by atoms with Crippen LogP contribution < -0.4 is 0 Å². The number of rotatable bonds is 9. The number of hydrogen-bond donors (Lipinski definition) is 1. The maximum atomic E-state index is 9.75. The molecule has 0 saturated carbocycles. The average Bonchev–Trinajstić information content (AvgIpc) is 2.48. The third kappa shape index (κ3) is 8.77. The predicted octanol–water partition coefficient (Wildman–Crippen LogP) is 4.73. The van der Waals surface area contributed by atoms with Crippen LogP contribution in [0.5, 0.6) is 0 Å². The van der Waals surface area contributed by atoms with Gasteiger partial charge in [-0.25, -0.2) is 0 Å². The zero-order valence-electron chi connectivity index (χ0n) is 12.8.